The molecule has 7 nitrogen and oxygen atoms in total. The van der Waals surface area contributed by atoms with Gasteiger partial charge < -0.3 is 20.1 Å². The van der Waals surface area contributed by atoms with Crippen LogP contribution in [0.25, 0.3) is 0 Å². The summed E-state index contributed by atoms with van der Waals surface area (Å²) in [5.41, 5.74) is 8.29. The molecule has 7 heteroatoms. The molecule has 1 saturated heterocycles. The summed E-state index contributed by atoms with van der Waals surface area (Å²) in [5.74, 6) is 0.540. The van der Waals surface area contributed by atoms with Gasteiger partial charge in [0.1, 0.15) is 0 Å². The molecular formula is C17H24N4O3. The van der Waals surface area contributed by atoms with Crippen molar-refractivity contribution >= 4 is 11.9 Å². The number of nitrogens with two attached hydrogens (primary N) is 1. The van der Waals surface area contributed by atoms with Gasteiger partial charge in [0.25, 0.3) is 0 Å². The molecule has 1 saturated carbocycles. The highest BCUT2D eigenvalue weighted by Crippen LogP contribution is 2.40. The van der Waals surface area contributed by atoms with Crippen molar-refractivity contribution in [3.8, 4) is 0 Å². The van der Waals surface area contributed by atoms with Crippen molar-refractivity contribution in [3.05, 3.63) is 29.1 Å². The monoisotopic (exact) mass is 332 g/mol. The molecule has 2 aliphatic rings. The van der Waals surface area contributed by atoms with E-state index in [4.69, 9.17) is 15.2 Å². The minimum atomic E-state index is -0.332. The molecule has 2 fully saturated rings. The highest BCUT2D eigenvalue weighted by atomic mass is 16.5. The lowest BCUT2D eigenvalue weighted by Crippen LogP contribution is -2.47. The predicted molar refractivity (Wildman–Crippen MR) is 89.9 cm³/mol. The molecule has 1 aliphatic heterocycles. The van der Waals surface area contributed by atoms with Gasteiger partial charge in [0.05, 0.1) is 43.3 Å². The first-order valence-corrected chi connectivity index (χ1v) is 8.33. The van der Waals surface area contributed by atoms with Crippen molar-refractivity contribution in [3.63, 3.8) is 0 Å². The summed E-state index contributed by atoms with van der Waals surface area (Å²) < 4.78 is 10.3. The summed E-state index contributed by atoms with van der Waals surface area (Å²) in [5, 5.41) is 0. The number of esters is 1. The molecule has 1 aromatic rings. The molecular weight excluding hydrogens is 308 g/mol. The van der Waals surface area contributed by atoms with Gasteiger partial charge in [-0.15, -0.1) is 0 Å². The summed E-state index contributed by atoms with van der Waals surface area (Å²) in [6.07, 6.45) is 2.29. The number of aromatic nitrogens is 1. The summed E-state index contributed by atoms with van der Waals surface area (Å²) in [6, 6.07) is 3.60. The van der Waals surface area contributed by atoms with E-state index in [1.165, 1.54) is 7.11 Å². The van der Waals surface area contributed by atoms with Gasteiger partial charge in [0, 0.05) is 19.0 Å². The number of carbonyl (C=O) groups is 1. The van der Waals surface area contributed by atoms with Crippen LogP contribution >= 0.6 is 0 Å². The fourth-order valence-electron chi connectivity index (χ4n) is 2.84. The maximum absolute atomic E-state index is 11.9. The summed E-state index contributed by atoms with van der Waals surface area (Å²) in [4.78, 5) is 23.0. The number of rotatable bonds is 4. The van der Waals surface area contributed by atoms with Gasteiger partial charge in [-0.3, -0.25) is 4.98 Å². The van der Waals surface area contributed by atoms with Crippen molar-refractivity contribution in [1.29, 1.82) is 0 Å². The molecule has 1 aromatic heterocycles. The number of morpholine rings is 1. The minimum absolute atomic E-state index is 0.159. The van der Waals surface area contributed by atoms with E-state index in [-0.39, 0.29) is 12.1 Å². The van der Waals surface area contributed by atoms with Gasteiger partial charge in [-0.25, -0.2) is 9.79 Å². The van der Waals surface area contributed by atoms with Crippen LogP contribution in [-0.2, 0) is 16.0 Å². The molecule has 1 unspecified atom stereocenters. The van der Waals surface area contributed by atoms with E-state index >= 15 is 0 Å². The van der Waals surface area contributed by atoms with Gasteiger partial charge in [-0.2, -0.15) is 0 Å². The van der Waals surface area contributed by atoms with Crippen molar-refractivity contribution < 1.29 is 14.3 Å². The Morgan fingerprint density at radius 1 is 1.50 bits per heavy atom. The number of aliphatic imine (C=N–C) groups is 1. The lowest BCUT2D eigenvalue weighted by molar-refractivity contribution is 0.00528. The topological polar surface area (TPSA) is 90.0 Å². The molecule has 0 bridgehead atoms. The Balaban J connectivity index is 1.72. The summed E-state index contributed by atoms with van der Waals surface area (Å²) >= 11 is 0. The number of pyridine rings is 1. The zero-order chi connectivity index (χ0) is 17.1. The summed E-state index contributed by atoms with van der Waals surface area (Å²) in [7, 11) is 1.39. The molecule has 0 radical (unpaired) electrons. The van der Waals surface area contributed by atoms with Crippen LogP contribution in [0.1, 0.15) is 47.4 Å². The number of hydrogen-bond acceptors (Lipinski definition) is 5. The van der Waals surface area contributed by atoms with Gasteiger partial charge in [0.15, 0.2) is 5.96 Å². The van der Waals surface area contributed by atoms with Gasteiger partial charge in [-0.1, -0.05) is 0 Å². The SMILES string of the molecule is COC(=O)c1ccc(CN=C(N)N2CCOC(C)C2)nc1C1CC1. The fraction of sp³-hybridized carbons (Fsp3) is 0.588. The molecule has 3 rings (SSSR count). The zero-order valence-electron chi connectivity index (χ0n) is 14.2. The quantitative estimate of drug-likeness (QED) is 0.507. The minimum Gasteiger partial charge on any atom is -0.465 e. The van der Waals surface area contributed by atoms with Gasteiger partial charge >= 0.3 is 5.97 Å². The van der Waals surface area contributed by atoms with Gasteiger partial charge in [0.2, 0.25) is 0 Å². The van der Waals surface area contributed by atoms with Crippen LogP contribution in [0.3, 0.4) is 0 Å². The second-order valence-corrected chi connectivity index (χ2v) is 6.30. The number of carbonyl (C=O) groups excluding carboxylic acids is 1. The first-order valence-electron chi connectivity index (χ1n) is 8.33. The number of methoxy groups -OCH3 is 1. The van der Waals surface area contributed by atoms with E-state index in [0.29, 0.717) is 30.6 Å². The molecule has 2 heterocycles. The average Bonchev–Trinajstić information content (AvgIpc) is 3.43. The van der Waals surface area contributed by atoms with E-state index < -0.39 is 0 Å². The standard InChI is InChI=1S/C17H24N4O3/c1-11-10-21(7-8-24-11)17(18)19-9-13-5-6-14(16(22)23-2)15(20-13)12-3-4-12/h5-6,11-12H,3-4,7-10H2,1-2H3,(H2,18,19). The van der Waals surface area contributed by atoms with Crippen LogP contribution < -0.4 is 5.73 Å². The fourth-order valence-corrected chi connectivity index (χ4v) is 2.84. The van der Waals surface area contributed by atoms with Crippen LogP contribution in [0.5, 0.6) is 0 Å². The van der Waals surface area contributed by atoms with Gasteiger partial charge in [-0.05, 0) is 31.9 Å². The first-order chi connectivity index (χ1) is 11.6. The second kappa shape index (κ2) is 7.17. The third-order valence-electron chi connectivity index (χ3n) is 4.32. The Morgan fingerprint density at radius 2 is 2.29 bits per heavy atom. The predicted octanol–water partition coefficient (Wildman–Crippen LogP) is 1.28. The lowest BCUT2D eigenvalue weighted by Gasteiger charge is -2.31. The number of ether oxygens (including phenoxy) is 2. The molecule has 1 aliphatic carbocycles. The number of hydrogen-bond donors (Lipinski definition) is 1. The lowest BCUT2D eigenvalue weighted by atomic mass is 10.1. The highest BCUT2D eigenvalue weighted by molar-refractivity contribution is 5.90. The third kappa shape index (κ3) is 3.84. The van der Waals surface area contributed by atoms with E-state index in [1.807, 2.05) is 17.9 Å². The average molecular weight is 332 g/mol. The summed E-state index contributed by atoms with van der Waals surface area (Å²) in [6.45, 7) is 4.58. The molecule has 24 heavy (non-hydrogen) atoms. The third-order valence-corrected chi connectivity index (χ3v) is 4.32. The largest absolute Gasteiger partial charge is 0.465 e. The van der Waals surface area contributed by atoms with E-state index in [9.17, 15) is 4.79 Å². The van der Waals surface area contributed by atoms with Crippen molar-refractivity contribution in [2.24, 2.45) is 10.7 Å². The Bertz CT molecular complexity index is 643. The smallest absolute Gasteiger partial charge is 0.339 e. The maximum Gasteiger partial charge on any atom is 0.339 e. The molecule has 0 amide bonds. The van der Waals surface area contributed by atoms with Crippen molar-refractivity contribution in [2.45, 2.75) is 38.3 Å². The maximum atomic E-state index is 11.9. The normalized spacial score (nSPS) is 21.7. The van der Waals surface area contributed by atoms with Crippen LogP contribution in [0.15, 0.2) is 17.1 Å². The molecule has 2 N–H and O–H groups in total. The van der Waals surface area contributed by atoms with Crippen LogP contribution in [0.2, 0.25) is 0 Å². The highest BCUT2D eigenvalue weighted by Gasteiger charge is 2.30. The van der Waals surface area contributed by atoms with Crippen molar-refractivity contribution in [2.75, 3.05) is 26.8 Å². The van der Waals surface area contributed by atoms with Crippen LogP contribution in [0.4, 0.5) is 0 Å². The van der Waals surface area contributed by atoms with E-state index in [2.05, 4.69) is 9.98 Å². The molecule has 0 spiro atoms. The molecule has 130 valence electrons. The Hall–Kier alpha value is -2.15. The Morgan fingerprint density at radius 3 is 2.96 bits per heavy atom. The Labute approximate surface area is 141 Å². The van der Waals surface area contributed by atoms with Crippen LogP contribution in [0, 0.1) is 0 Å². The molecule has 1 atom stereocenters. The zero-order valence-corrected chi connectivity index (χ0v) is 14.2. The van der Waals surface area contributed by atoms with E-state index in [0.717, 1.165) is 37.3 Å². The first kappa shape index (κ1) is 16.7. The Kier molecular flexibility index (Phi) is 4.99. The van der Waals surface area contributed by atoms with Crippen molar-refractivity contribution in [1.82, 2.24) is 9.88 Å². The number of guanidine groups is 1. The van der Waals surface area contributed by atoms with E-state index in [1.54, 1.807) is 6.07 Å². The second-order valence-electron chi connectivity index (χ2n) is 6.30. The molecule has 0 aromatic carbocycles. The van der Waals surface area contributed by atoms with Crippen LogP contribution in [-0.4, -0.2) is 54.7 Å². The number of nitrogens with zero attached hydrogens (tertiary/aromatic N) is 3.